The Labute approximate surface area is 192 Å². The molecule has 0 saturated heterocycles. The number of methoxy groups -OCH3 is 2. The Hall–Kier alpha value is -4.36. The lowest BCUT2D eigenvalue weighted by atomic mass is 10.1. The number of carbonyl (C=O) groups excluding carboxylic acids is 2. The number of ether oxygens (including phenoxy) is 4. The van der Waals surface area contributed by atoms with Crippen LogP contribution in [0.2, 0.25) is 0 Å². The van der Waals surface area contributed by atoms with Gasteiger partial charge in [0.1, 0.15) is 16.6 Å². The molecular weight excluding hydrogens is 446 g/mol. The summed E-state index contributed by atoms with van der Waals surface area (Å²) in [6.45, 7) is 0.179. The van der Waals surface area contributed by atoms with Crippen LogP contribution in [0, 0.1) is 11.3 Å². The molecule has 2 heterocycles. The van der Waals surface area contributed by atoms with Gasteiger partial charge in [0, 0.05) is 17.1 Å². The molecule has 0 aliphatic carbocycles. The summed E-state index contributed by atoms with van der Waals surface area (Å²) >= 11 is 1.29. The zero-order chi connectivity index (χ0) is 23.4. The predicted molar refractivity (Wildman–Crippen MR) is 120 cm³/mol. The maximum Gasteiger partial charge on any atom is 0.339 e. The molecule has 166 valence electrons. The first-order valence-electron chi connectivity index (χ1n) is 9.57. The highest BCUT2D eigenvalue weighted by Crippen LogP contribution is 2.36. The number of fused-ring (bicyclic) bond motifs is 1. The van der Waals surface area contributed by atoms with E-state index in [1.807, 2.05) is 23.6 Å². The Bertz CT molecular complexity index is 1310. The van der Waals surface area contributed by atoms with Crippen molar-refractivity contribution in [3.05, 3.63) is 64.1 Å². The summed E-state index contributed by atoms with van der Waals surface area (Å²) in [6.07, 6.45) is 1.42. The third kappa shape index (κ3) is 4.49. The third-order valence-electron chi connectivity index (χ3n) is 4.74. The molecule has 3 aromatic rings. The summed E-state index contributed by atoms with van der Waals surface area (Å²) in [5.41, 5.74) is 2.46. The largest absolute Gasteiger partial charge is 0.465 e. The van der Waals surface area contributed by atoms with E-state index in [0.29, 0.717) is 22.2 Å². The van der Waals surface area contributed by atoms with Crippen molar-refractivity contribution >= 4 is 34.5 Å². The molecule has 1 aromatic heterocycles. The number of allylic oxidation sites excluding steroid dienone is 1. The number of rotatable bonds is 6. The summed E-state index contributed by atoms with van der Waals surface area (Å²) in [6, 6.07) is 11.9. The average molecular weight is 463 g/mol. The molecule has 9 nitrogen and oxygen atoms in total. The summed E-state index contributed by atoms with van der Waals surface area (Å²) < 4.78 is 20.3. The fourth-order valence-electron chi connectivity index (χ4n) is 3.07. The van der Waals surface area contributed by atoms with Crippen LogP contribution in [0.3, 0.4) is 0 Å². The lowest BCUT2D eigenvalue weighted by molar-refractivity contribution is 0.0587. The second kappa shape index (κ2) is 9.42. The number of anilines is 1. The number of benzene rings is 2. The van der Waals surface area contributed by atoms with Crippen LogP contribution in [-0.4, -0.2) is 37.9 Å². The highest BCUT2D eigenvalue weighted by molar-refractivity contribution is 7.11. The zero-order valence-electron chi connectivity index (χ0n) is 17.6. The first kappa shape index (κ1) is 21.9. The molecule has 0 saturated carbocycles. The predicted octanol–water partition coefficient (Wildman–Crippen LogP) is 4.09. The Balaban J connectivity index is 1.62. The van der Waals surface area contributed by atoms with Crippen LogP contribution >= 0.6 is 11.3 Å². The SMILES string of the molecule is COC(=O)c1ccc(C(=O)OC)c(NC=C(C#N)c2nc(-c3ccc4c(c3)OCO4)cs2)c1. The molecule has 2 aromatic carbocycles. The average Bonchev–Trinajstić information content (AvgIpc) is 3.52. The van der Waals surface area contributed by atoms with Crippen molar-refractivity contribution in [2.75, 3.05) is 26.3 Å². The van der Waals surface area contributed by atoms with E-state index in [-0.39, 0.29) is 29.2 Å². The maximum atomic E-state index is 12.1. The minimum Gasteiger partial charge on any atom is -0.465 e. The van der Waals surface area contributed by atoms with Crippen LogP contribution in [-0.2, 0) is 9.47 Å². The van der Waals surface area contributed by atoms with Crippen molar-refractivity contribution in [3.8, 4) is 28.8 Å². The first-order valence-corrected chi connectivity index (χ1v) is 10.5. The molecule has 33 heavy (non-hydrogen) atoms. The Morgan fingerprint density at radius 3 is 2.67 bits per heavy atom. The third-order valence-corrected chi connectivity index (χ3v) is 5.62. The topological polar surface area (TPSA) is 120 Å². The minimum absolute atomic E-state index is 0.179. The summed E-state index contributed by atoms with van der Waals surface area (Å²) in [5.74, 6) is 0.152. The molecule has 0 fully saturated rings. The van der Waals surface area contributed by atoms with Crippen LogP contribution < -0.4 is 14.8 Å². The Kier molecular flexibility index (Phi) is 6.24. The molecule has 0 spiro atoms. The van der Waals surface area contributed by atoms with Crippen molar-refractivity contribution in [1.82, 2.24) is 4.98 Å². The molecule has 1 aliphatic heterocycles. The normalized spacial score (nSPS) is 12.1. The molecule has 1 N–H and O–H groups in total. The summed E-state index contributed by atoms with van der Waals surface area (Å²) in [5, 5.41) is 14.9. The van der Waals surface area contributed by atoms with Crippen molar-refractivity contribution in [3.63, 3.8) is 0 Å². The molecule has 0 bridgehead atoms. The molecule has 10 heteroatoms. The van der Waals surface area contributed by atoms with Crippen LogP contribution in [0.4, 0.5) is 5.69 Å². The van der Waals surface area contributed by atoms with Crippen molar-refractivity contribution in [2.45, 2.75) is 0 Å². The fraction of sp³-hybridized carbons (Fsp3) is 0.130. The fourth-order valence-corrected chi connectivity index (χ4v) is 3.87. The van der Waals surface area contributed by atoms with E-state index in [2.05, 4.69) is 16.4 Å². The lowest BCUT2D eigenvalue weighted by Crippen LogP contribution is -2.08. The molecular formula is C23H17N3O6S. The molecule has 0 atom stereocenters. The molecule has 1 aliphatic rings. The van der Waals surface area contributed by atoms with Crippen LogP contribution in [0.25, 0.3) is 16.8 Å². The summed E-state index contributed by atoms with van der Waals surface area (Å²) in [4.78, 5) is 28.5. The molecule has 4 rings (SSSR count). The zero-order valence-corrected chi connectivity index (χ0v) is 18.4. The molecule has 0 radical (unpaired) electrons. The number of aromatic nitrogens is 1. The maximum absolute atomic E-state index is 12.1. The van der Waals surface area contributed by atoms with Gasteiger partial charge < -0.3 is 24.3 Å². The number of hydrogen-bond donors (Lipinski definition) is 1. The van der Waals surface area contributed by atoms with Gasteiger partial charge in [0.15, 0.2) is 11.5 Å². The second-order valence-electron chi connectivity index (χ2n) is 6.66. The van der Waals surface area contributed by atoms with E-state index < -0.39 is 11.9 Å². The van der Waals surface area contributed by atoms with Crippen LogP contribution in [0.5, 0.6) is 11.5 Å². The van der Waals surface area contributed by atoms with Gasteiger partial charge in [-0.05, 0) is 36.4 Å². The van der Waals surface area contributed by atoms with Gasteiger partial charge >= 0.3 is 11.9 Å². The number of nitriles is 1. The monoisotopic (exact) mass is 463 g/mol. The number of nitrogens with one attached hydrogen (secondary N) is 1. The minimum atomic E-state index is -0.597. The Morgan fingerprint density at radius 1 is 1.12 bits per heavy atom. The lowest BCUT2D eigenvalue weighted by Gasteiger charge is -2.10. The van der Waals surface area contributed by atoms with Gasteiger partial charge in [-0.15, -0.1) is 11.3 Å². The van der Waals surface area contributed by atoms with Gasteiger partial charge in [0.25, 0.3) is 0 Å². The number of esters is 2. The van der Waals surface area contributed by atoms with Gasteiger partial charge in [0.2, 0.25) is 6.79 Å². The number of thiazole rings is 1. The van der Waals surface area contributed by atoms with E-state index in [1.165, 1.54) is 50.0 Å². The standard InChI is InChI=1S/C23H17N3O6S/c1-29-22(27)14-3-5-16(23(28)30-2)17(7-14)25-10-15(9-24)21-26-18(11-33-21)13-4-6-19-20(8-13)32-12-31-19/h3-8,10-11,25H,12H2,1-2H3. The van der Waals surface area contributed by atoms with Gasteiger partial charge in [-0.2, -0.15) is 5.26 Å². The van der Waals surface area contributed by atoms with Crippen molar-refractivity contribution < 1.29 is 28.5 Å². The second-order valence-corrected chi connectivity index (χ2v) is 7.52. The molecule has 0 unspecified atom stereocenters. The van der Waals surface area contributed by atoms with E-state index in [9.17, 15) is 14.9 Å². The van der Waals surface area contributed by atoms with E-state index >= 15 is 0 Å². The highest BCUT2D eigenvalue weighted by atomic mass is 32.1. The van der Waals surface area contributed by atoms with Gasteiger partial charge in [-0.25, -0.2) is 14.6 Å². The first-order chi connectivity index (χ1) is 16.0. The number of nitrogens with zero attached hydrogens (tertiary/aromatic N) is 2. The molecule has 0 amide bonds. The van der Waals surface area contributed by atoms with E-state index in [0.717, 1.165) is 5.56 Å². The van der Waals surface area contributed by atoms with E-state index in [4.69, 9.17) is 18.9 Å². The Morgan fingerprint density at radius 2 is 1.91 bits per heavy atom. The summed E-state index contributed by atoms with van der Waals surface area (Å²) in [7, 11) is 2.52. The van der Waals surface area contributed by atoms with Crippen molar-refractivity contribution in [1.29, 1.82) is 5.26 Å². The van der Waals surface area contributed by atoms with Gasteiger partial charge in [0.05, 0.1) is 36.7 Å². The van der Waals surface area contributed by atoms with Crippen molar-refractivity contribution in [2.24, 2.45) is 0 Å². The number of carbonyl (C=O) groups is 2. The number of hydrogen-bond acceptors (Lipinski definition) is 10. The van der Waals surface area contributed by atoms with E-state index in [1.54, 1.807) is 0 Å². The quantitative estimate of drug-likeness (QED) is 0.426. The highest BCUT2D eigenvalue weighted by Gasteiger charge is 2.17. The van der Waals surface area contributed by atoms with Gasteiger partial charge in [-0.3, -0.25) is 0 Å². The van der Waals surface area contributed by atoms with Crippen LogP contribution in [0.1, 0.15) is 25.7 Å². The smallest absolute Gasteiger partial charge is 0.339 e. The van der Waals surface area contributed by atoms with Gasteiger partial charge in [-0.1, -0.05) is 0 Å². The van der Waals surface area contributed by atoms with Crippen LogP contribution in [0.15, 0.2) is 48.0 Å².